The highest BCUT2D eigenvalue weighted by molar-refractivity contribution is 5.99. The van der Waals surface area contributed by atoms with Crippen LogP contribution in [-0.4, -0.2) is 48.0 Å². The van der Waals surface area contributed by atoms with Crippen LogP contribution in [0.25, 0.3) is 0 Å². The topological polar surface area (TPSA) is 28.5 Å². The van der Waals surface area contributed by atoms with E-state index in [9.17, 15) is 9.18 Å². The van der Waals surface area contributed by atoms with Crippen LogP contribution in [0.1, 0.15) is 53.5 Å². The Labute approximate surface area is 166 Å². The number of nitrogens with zero attached hydrogens (tertiary/aromatic N) is 3. The lowest BCUT2D eigenvalue weighted by Crippen LogP contribution is -2.48. The van der Waals surface area contributed by atoms with Gasteiger partial charge in [0, 0.05) is 49.2 Å². The summed E-state index contributed by atoms with van der Waals surface area (Å²) < 4.78 is 16.4. The van der Waals surface area contributed by atoms with Crippen LogP contribution >= 0.6 is 0 Å². The Kier molecular flexibility index (Phi) is 5.54. The fourth-order valence-electron chi connectivity index (χ4n) is 4.93. The molecule has 2 fully saturated rings. The zero-order valence-electron chi connectivity index (χ0n) is 17.0. The van der Waals surface area contributed by atoms with Gasteiger partial charge in [0.15, 0.2) is 5.78 Å². The minimum atomic E-state index is -0.175. The Morgan fingerprint density at radius 1 is 1.07 bits per heavy atom. The van der Waals surface area contributed by atoms with Gasteiger partial charge in [0.25, 0.3) is 0 Å². The number of hydrogen-bond acceptors (Lipinski definition) is 3. The monoisotopic (exact) mass is 383 g/mol. The lowest BCUT2D eigenvalue weighted by Gasteiger charge is -2.35. The Balaban J connectivity index is 1.39. The first kappa shape index (κ1) is 19.2. The number of halogens is 1. The number of carbonyl (C=O) groups is 1. The molecule has 0 amide bonds. The lowest BCUT2D eigenvalue weighted by molar-refractivity contribution is 0.0925. The third-order valence-corrected chi connectivity index (χ3v) is 6.41. The highest BCUT2D eigenvalue weighted by Crippen LogP contribution is 2.33. The van der Waals surface area contributed by atoms with Gasteiger partial charge in [0.1, 0.15) is 5.82 Å². The van der Waals surface area contributed by atoms with E-state index < -0.39 is 0 Å². The Morgan fingerprint density at radius 2 is 1.75 bits per heavy atom. The Bertz CT molecular complexity index is 846. The molecule has 4 rings (SSSR count). The van der Waals surface area contributed by atoms with Gasteiger partial charge in [-0.2, -0.15) is 0 Å². The third-order valence-electron chi connectivity index (χ3n) is 6.41. The van der Waals surface area contributed by atoms with Gasteiger partial charge in [-0.3, -0.25) is 9.69 Å². The van der Waals surface area contributed by atoms with Gasteiger partial charge in [-0.1, -0.05) is 25.0 Å². The molecule has 0 N–H and O–H groups in total. The second kappa shape index (κ2) is 8.08. The zero-order chi connectivity index (χ0) is 19.7. The maximum atomic E-state index is 14.0. The third kappa shape index (κ3) is 3.72. The number of aromatic nitrogens is 1. The number of para-hydroxylation sites is 1. The van der Waals surface area contributed by atoms with Crippen LogP contribution in [0.15, 0.2) is 30.3 Å². The van der Waals surface area contributed by atoms with Crippen molar-refractivity contribution in [2.45, 2.75) is 45.6 Å². The molecule has 1 saturated heterocycles. The summed E-state index contributed by atoms with van der Waals surface area (Å²) in [7, 11) is 0. The number of hydrogen-bond donors (Lipinski definition) is 0. The quantitative estimate of drug-likeness (QED) is 0.718. The molecule has 2 heterocycles. The fourth-order valence-corrected chi connectivity index (χ4v) is 4.93. The number of piperazine rings is 1. The molecule has 0 atom stereocenters. The molecule has 150 valence electrons. The molecule has 0 bridgehead atoms. The maximum absolute atomic E-state index is 14.0. The lowest BCUT2D eigenvalue weighted by atomic mass is 10.1. The molecule has 1 aromatic carbocycles. The summed E-state index contributed by atoms with van der Waals surface area (Å²) in [6.45, 7) is 7.71. The number of aryl methyl sites for hydroxylation is 1. The fraction of sp³-hybridized carbons (Fsp3) is 0.522. The van der Waals surface area contributed by atoms with Crippen molar-refractivity contribution in [3.8, 4) is 0 Å². The largest absolute Gasteiger partial charge is 0.367 e. The van der Waals surface area contributed by atoms with Crippen molar-refractivity contribution in [2.75, 3.05) is 37.6 Å². The van der Waals surface area contributed by atoms with Gasteiger partial charge in [-0.05, 0) is 44.9 Å². The van der Waals surface area contributed by atoms with Crippen LogP contribution in [0.4, 0.5) is 10.1 Å². The standard InChI is InChI=1S/C23H30FN3O/c1-17-15-20(18(2)27(17)19-7-3-4-8-19)23(28)16-25-11-13-26(14-12-25)22-10-6-5-9-21(22)24/h5-6,9-10,15,19H,3-4,7-8,11-14,16H2,1-2H3. The van der Waals surface area contributed by atoms with Crippen molar-refractivity contribution in [1.82, 2.24) is 9.47 Å². The Morgan fingerprint density at radius 3 is 2.43 bits per heavy atom. The molecule has 2 aromatic rings. The summed E-state index contributed by atoms with van der Waals surface area (Å²) in [4.78, 5) is 17.3. The molecule has 0 spiro atoms. The van der Waals surface area contributed by atoms with E-state index in [2.05, 4.69) is 34.3 Å². The first-order valence-electron chi connectivity index (χ1n) is 10.5. The summed E-state index contributed by atoms with van der Waals surface area (Å²) >= 11 is 0. The van der Waals surface area contributed by atoms with E-state index >= 15 is 0 Å². The van der Waals surface area contributed by atoms with Crippen molar-refractivity contribution in [3.63, 3.8) is 0 Å². The summed E-state index contributed by atoms with van der Waals surface area (Å²) in [6.07, 6.45) is 5.03. The average Bonchev–Trinajstić information content (AvgIpc) is 3.30. The number of carbonyl (C=O) groups excluding carboxylic acids is 1. The van der Waals surface area contributed by atoms with E-state index in [1.165, 1.54) is 37.4 Å². The minimum Gasteiger partial charge on any atom is -0.367 e. The highest BCUT2D eigenvalue weighted by atomic mass is 19.1. The molecule has 28 heavy (non-hydrogen) atoms. The van der Waals surface area contributed by atoms with Crippen molar-refractivity contribution >= 4 is 11.5 Å². The van der Waals surface area contributed by atoms with E-state index in [0.717, 1.165) is 37.4 Å². The molecule has 0 radical (unpaired) electrons. The van der Waals surface area contributed by atoms with E-state index in [1.54, 1.807) is 6.07 Å². The summed E-state index contributed by atoms with van der Waals surface area (Å²) in [5.41, 5.74) is 3.87. The second-order valence-corrected chi connectivity index (χ2v) is 8.23. The van der Waals surface area contributed by atoms with Crippen LogP contribution in [0.3, 0.4) is 0 Å². The summed E-state index contributed by atoms with van der Waals surface area (Å²) in [5, 5.41) is 0. The maximum Gasteiger partial charge on any atom is 0.178 e. The smallest absolute Gasteiger partial charge is 0.178 e. The van der Waals surface area contributed by atoms with E-state index in [-0.39, 0.29) is 11.6 Å². The van der Waals surface area contributed by atoms with Gasteiger partial charge in [-0.15, -0.1) is 0 Å². The predicted molar refractivity (Wildman–Crippen MR) is 111 cm³/mol. The van der Waals surface area contributed by atoms with E-state index in [4.69, 9.17) is 0 Å². The van der Waals surface area contributed by atoms with Crippen LogP contribution in [0.5, 0.6) is 0 Å². The van der Waals surface area contributed by atoms with Crippen molar-refractivity contribution in [1.29, 1.82) is 0 Å². The molecular weight excluding hydrogens is 353 g/mol. The number of benzene rings is 1. The minimum absolute atomic E-state index is 0.175. The first-order chi connectivity index (χ1) is 13.5. The van der Waals surface area contributed by atoms with Crippen LogP contribution < -0.4 is 4.90 Å². The summed E-state index contributed by atoms with van der Waals surface area (Å²) in [5.74, 6) is 0.0306. The number of rotatable bonds is 5. The molecule has 1 aliphatic heterocycles. The van der Waals surface area contributed by atoms with Gasteiger partial charge >= 0.3 is 0 Å². The number of Topliss-reactive ketones (excluding diaryl/α,β-unsaturated/α-hetero) is 1. The summed E-state index contributed by atoms with van der Waals surface area (Å²) in [6, 6.07) is 9.56. The molecule has 1 saturated carbocycles. The van der Waals surface area contributed by atoms with Gasteiger partial charge in [-0.25, -0.2) is 4.39 Å². The zero-order valence-corrected chi connectivity index (χ0v) is 17.0. The molecule has 2 aliphatic rings. The molecule has 1 aliphatic carbocycles. The van der Waals surface area contributed by atoms with Gasteiger partial charge in [0.2, 0.25) is 0 Å². The molecule has 0 unspecified atom stereocenters. The van der Waals surface area contributed by atoms with Gasteiger partial charge < -0.3 is 9.47 Å². The van der Waals surface area contributed by atoms with Crippen LogP contribution in [0.2, 0.25) is 0 Å². The van der Waals surface area contributed by atoms with Crippen LogP contribution in [-0.2, 0) is 0 Å². The van der Waals surface area contributed by atoms with Crippen molar-refractivity contribution in [2.24, 2.45) is 0 Å². The Hall–Kier alpha value is -2.14. The average molecular weight is 384 g/mol. The van der Waals surface area contributed by atoms with Crippen molar-refractivity contribution in [3.05, 3.63) is 53.1 Å². The van der Waals surface area contributed by atoms with Crippen molar-refractivity contribution < 1.29 is 9.18 Å². The van der Waals surface area contributed by atoms with Gasteiger partial charge in [0.05, 0.1) is 12.2 Å². The normalized spacial score (nSPS) is 18.8. The number of anilines is 1. The molecule has 1 aromatic heterocycles. The highest BCUT2D eigenvalue weighted by Gasteiger charge is 2.26. The number of ketones is 1. The SMILES string of the molecule is Cc1cc(C(=O)CN2CCN(c3ccccc3F)CC2)c(C)n1C1CCCC1. The van der Waals surface area contributed by atoms with E-state index in [1.807, 2.05) is 12.1 Å². The first-order valence-corrected chi connectivity index (χ1v) is 10.5. The predicted octanol–water partition coefficient (Wildman–Crippen LogP) is 4.36. The van der Waals surface area contributed by atoms with Crippen LogP contribution in [0, 0.1) is 19.7 Å². The molecule has 5 heteroatoms. The molecule has 4 nitrogen and oxygen atoms in total. The van der Waals surface area contributed by atoms with E-state index in [0.29, 0.717) is 18.3 Å². The molecular formula is C23H30FN3O. The second-order valence-electron chi connectivity index (χ2n) is 8.23.